The van der Waals surface area contributed by atoms with Crippen molar-refractivity contribution in [3.63, 3.8) is 0 Å². The Hall–Kier alpha value is -1.67. The molecule has 0 saturated carbocycles. The standard InChI is InChI=1S/C13H21N5O3.ClH/c1-21-12(20)8-10-15-13(18-17-10)16-11(19)3-2-9-4-6-14-7-5-9;/h9,14H,2-8H2,1H3,(H2,15,16,17,18,19);1H. The maximum Gasteiger partial charge on any atom is 0.313 e. The molecule has 0 aliphatic carbocycles. The number of aromatic amines is 1. The lowest BCUT2D eigenvalue weighted by molar-refractivity contribution is -0.139. The van der Waals surface area contributed by atoms with Gasteiger partial charge in [-0.3, -0.25) is 20.0 Å². The first kappa shape index (κ1) is 18.4. The Labute approximate surface area is 135 Å². The fourth-order valence-electron chi connectivity index (χ4n) is 2.33. The predicted octanol–water partition coefficient (Wildman–Crippen LogP) is 0.660. The van der Waals surface area contributed by atoms with Crippen LogP contribution in [0.25, 0.3) is 0 Å². The minimum Gasteiger partial charge on any atom is -0.469 e. The van der Waals surface area contributed by atoms with Crippen molar-refractivity contribution in [2.45, 2.75) is 32.1 Å². The van der Waals surface area contributed by atoms with E-state index in [0.717, 1.165) is 32.4 Å². The molecule has 1 aromatic rings. The van der Waals surface area contributed by atoms with Crippen LogP contribution in [0, 0.1) is 5.92 Å². The van der Waals surface area contributed by atoms with Gasteiger partial charge in [-0.2, -0.15) is 4.98 Å². The van der Waals surface area contributed by atoms with Crippen molar-refractivity contribution < 1.29 is 14.3 Å². The van der Waals surface area contributed by atoms with Crippen LogP contribution in [0.5, 0.6) is 0 Å². The van der Waals surface area contributed by atoms with Gasteiger partial charge in [0.1, 0.15) is 12.2 Å². The quantitative estimate of drug-likeness (QED) is 0.661. The molecule has 1 aliphatic rings. The highest BCUT2D eigenvalue weighted by Gasteiger charge is 2.15. The second-order valence-corrected chi connectivity index (χ2v) is 5.14. The number of halogens is 1. The molecule has 3 N–H and O–H groups in total. The minimum atomic E-state index is -0.407. The third kappa shape index (κ3) is 5.98. The molecule has 9 heteroatoms. The van der Waals surface area contributed by atoms with E-state index in [-0.39, 0.29) is 30.7 Å². The van der Waals surface area contributed by atoms with Crippen molar-refractivity contribution in [2.75, 3.05) is 25.5 Å². The maximum atomic E-state index is 11.8. The van der Waals surface area contributed by atoms with Crippen LogP contribution in [0.4, 0.5) is 5.95 Å². The lowest BCUT2D eigenvalue weighted by Gasteiger charge is -2.21. The molecular formula is C13H22ClN5O3. The third-order valence-corrected chi connectivity index (χ3v) is 3.56. The van der Waals surface area contributed by atoms with Gasteiger partial charge >= 0.3 is 5.97 Å². The summed E-state index contributed by atoms with van der Waals surface area (Å²) in [5, 5.41) is 12.4. The molecular weight excluding hydrogens is 310 g/mol. The number of amides is 1. The highest BCUT2D eigenvalue weighted by Crippen LogP contribution is 2.17. The molecule has 0 radical (unpaired) electrons. The number of H-pyrrole nitrogens is 1. The van der Waals surface area contributed by atoms with E-state index in [9.17, 15) is 9.59 Å². The van der Waals surface area contributed by atoms with Crippen LogP contribution in [0.15, 0.2) is 0 Å². The number of piperidine rings is 1. The average molecular weight is 332 g/mol. The number of methoxy groups -OCH3 is 1. The van der Waals surface area contributed by atoms with Gasteiger partial charge in [-0.1, -0.05) is 0 Å². The van der Waals surface area contributed by atoms with Gasteiger partial charge in [-0.15, -0.1) is 17.5 Å². The zero-order chi connectivity index (χ0) is 15.1. The lowest BCUT2D eigenvalue weighted by Crippen LogP contribution is -2.28. The monoisotopic (exact) mass is 331 g/mol. The van der Waals surface area contributed by atoms with E-state index < -0.39 is 5.97 Å². The SMILES string of the molecule is COC(=O)Cc1nc(NC(=O)CCC2CCNCC2)n[nH]1.Cl. The Bertz CT molecular complexity index is 488. The van der Waals surface area contributed by atoms with Crippen LogP contribution >= 0.6 is 12.4 Å². The van der Waals surface area contributed by atoms with Gasteiger partial charge in [0.2, 0.25) is 11.9 Å². The van der Waals surface area contributed by atoms with Crippen molar-refractivity contribution in [3.05, 3.63) is 5.82 Å². The Kier molecular flexibility index (Phi) is 7.83. The van der Waals surface area contributed by atoms with E-state index in [1.807, 2.05) is 0 Å². The van der Waals surface area contributed by atoms with Crippen LogP contribution < -0.4 is 10.6 Å². The summed E-state index contributed by atoms with van der Waals surface area (Å²) in [5.41, 5.74) is 0. The summed E-state index contributed by atoms with van der Waals surface area (Å²) in [4.78, 5) is 26.9. The smallest absolute Gasteiger partial charge is 0.313 e. The Morgan fingerprint density at radius 2 is 2.09 bits per heavy atom. The van der Waals surface area contributed by atoms with Gasteiger partial charge in [0.25, 0.3) is 0 Å². The lowest BCUT2D eigenvalue weighted by atomic mass is 9.93. The van der Waals surface area contributed by atoms with E-state index in [0.29, 0.717) is 18.2 Å². The number of nitrogens with one attached hydrogen (secondary N) is 3. The van der Waals surface area contributed by atoms with E-state index in [1.54, 1.807) is 0 Å². The summed E-state index contributed by atoms with van der Waals surface area (Å²) in [7, 11) is 1.31. The second-order valence-electron chi connectivity index (χ2n) is 5.14. The first-order chi connectivity index (χ1) is 10.2. The number of hydrogen-bond acceptors (Lipinski definition) is 6. The zero-order valence-corrected chi connectivity index (χ0v) is 13.4. The molecule has 2 heterocycles. The van der Waals surface area contributed by atoms with Crippen molar-refractivity contribution in [1.82, 2.24) is 20.5 Å². The summed E-state index contributed by atoms with van der Waals surface area (Å²) >= 11 is 0. The third-order valence-electron chi connectivity index (χ3n) is 3.56. The van der Waals surface area contributed by atoms with Crippen molar-refractivity contribution in [3.8, 4) is 0 Å². The number of esters is 1. The second kappa shape index (κ2) is 9.37. The van der Waals surface area contributed by atoms with Gasteiger partial charge in [0.15, 0.2) is 0 Å². The average Bonchev–Trinajstić information content (AvgIpc) is 2.93. The molecule has 2 rings (SSSR count). The largest absolute Gasteiger partial charge is 0.469 e. The molecule has 0 aromatic carbocycles. The maximum absolute atomic E-state index is 11.8. The number of rotatable bonds is 6. The van der Waals surface area contributed by atoms with Gasteiger partial charge < -0.3 is 10.1 Å². The van der Waals surface area contributed by atoms with E-state index >= 15 is 0 Å². The summed E-state index contributed by atoms with van der Waals surface area (Å²) in [6, 6.07) is 0. The fourth-order valence-corrected chi connectivity index (χ4v) is 2.33. The normalized spacial score (nSPS) is 15.0. The zero-order valence-electron chi connectivity index (χ0n) is 12.6. The number of hydrogen-bond donors (Lipinski definition) is 3. The van der Waals surface area contributed by atoms with Crippen LogP contribution in [0.2, 0.25) is 0 Å². The van der Waals surface area contributed by atoms with Crippen molar-refractivity contribution in [2.24, 2.45) is 5.92 Å². The molecule has 1 fully saturated rings. The van der Waals surface area contributed by atoms with Crippen LogP contribution in [0.1, 0.15) is 31.5 Å². The molecule has 0 bridgehead atoms. The van der Waals surface area contributed by atoms with Gasteiger partial charge in [0, 0.05) is 6.42 Å². The summed E-state index contributed by atoms with van der Waals surface area (Å²) in [6.07, 6.45) is 3.60. The topological polar surface area (TPSA) is 109 Å². The molecule has 1 aliphatic heterocycles. The first-order valence-corrected chi connectivity index (χ1v) is 7.16. The molecule has 8 nitrogen and oxygen atoms in total. The summed E-state index contributed by atoms with van der Waals surface area (Å²) < 4.78 is 4.53. The molecule has 22 heavy (non-hydrogen) atoms. The molecule has 1 aromatic heterocycles. The van der Waals surface area contributed by atoms with E-state index in [4.69, 9.17) is 0 Å². The molecule has 0 atom stereocenters. The highest BCUT2D eigenvalue weighted by atomic mass is 35.5. The number of nitrogens with zero attached hydrogens (tertiary/aromatic N) is 2. The molecule has 124 valence electrons. The number of anilines is 1. The first-order valence-electron chi connectivity index (χ1n) is 7.16. The van der Waals surface area contributed by atoms with Crippen LogP contribution in [-0.2, 0) is 20.7 Å². The highest BCUT2D eigenvalue weighted by molar-refractivity contribution is 5.88. The Morgan fingerprint density at radius 1 is 1.36 bits per heavy atom. The molecule has 1 saturated heterocycles. The van der Waals surface area contributed by atoms with E-state index in [1.165, 1.54) is 7.11 Å². The van der Waals surface area contributed by atoms with Crippen LogP contribution in [-0.4, -0.2) is 47.3 Å². The fraction of sp³-hybridized carbons (Fsp3) is 0.692. The van der Waals surface area contributed by atoms with Gasteiger partial charge in [0.05, 0.1) is 7.11 Å². The molecule has 0 spiro atoms. The predicted molar refractivity (Wildman–Crippen MR) is 82.8 cm³/mol. The Morgan fingerprint density at radius 3 is 2.77 bits per heavy atom. The van der Waals surface area contributed by atoms with Crippen LogP contribution in [0.3, 0.4) is 0 Å². The van der Waals surface area contributed by atoms with Gasteiger partial charge in [-0.05, 0) is 38.3 Å². The molecule has 1 amide bonds. The van der Waals surface area contributed by atoms with E-state index in [2.05, 4.69) is 30.6 Å². The summed E-state index contributed by atoms with van der Waals surface area (Å²) in [6.45, 7) is 2.06. The minimum absolute atomic E-state index is 0. The number of carbonyl (C=O) groups excluding carboxylic acids is 2. The Balaban J connectivity index is 0.00000242. The number of ether oxygens (including phenoxy) is 1. The van der Waals surface area contributed by atoms with Gasteiger partial charge in [-0.25, -0.2) is 0 Å². The molecule has 0 unspecified atom stereocenters. The number of aromatic nitrogens is 3. The summed E-state index contributed by atoms with van der Waals surface area (Å²) in [5.74, 6) is 0.672. The number of carbonyl (C=O) groups is 2. The van der Waals surface area contributed by atoms with Crippen molar-refractivity contribution in [1.29, 1.82) is 0 Å². The van der Waals surface area contributed by atoms with Crippen molar-refractivity contribution >= 4 is 30.2 Å².